The number of benzene rings is 1. The number of piperidine rings is 1. The predicted octanol–water partition coefficient (Wildman–Crippen LogP) is 2.64. The molecule has 0 bridgehead atoms. The van der Waals surface area contributed by atoms with Gasteiger partial charge in [0, 0.05) is 36.6 Å². The van der Waals surface area contributed by atoms with Crippen molar-refractivity contribution in [3.63, 3.8) is 0 Å². The van der Waals surface area contributed by atoms with Crippen molar-refractivity contribution < 1.29 is 19.4 Å². The first-order valence-corrected chi connectivity index (χ1v) is 9.52. The highest BCUT2D eigenvalue weighted by Crippen LogP contribution is 2.27. The first-order valence-electron chi connectivity index (χ1n) is 9.14. The van der Waals surface area contributed by atoms with E-state index in [1.807, 2.05) is 11.0 Å². The normalized spacial score (nSPS) is 19.1. The van der Waals surface area contributed by atoms with Gasteiger partial charge in [-0.3, -0.25) is 9.69 Å². The lowest BCUT2D eigenvalue weighted by Crippen LogP contribution is -2.38. The van der Waals surface area contributed by atoms with Gasteiger partial charge in [-0.1, -0.05) is 11.6 Å². The lowest BCUT2D eigenvalue weighted by atomic mass is 9.96. The minimum Gasteiger partial charge on any atom is -0.482 e. The van der Waals surface area contributed by atoms with E-state index < -0.39 is 5.97 Å². The van der Waals surface area contributed by atoms with E-state index in [1.165, 1.54) is 0 Å². The summed E-state index contributed by atoms with van der Waals surface area (Å²) in [4.78, 5) is 26.9. The lowest BCUT2D eigenvalue weighted by molar-refractivity contribution is -0.139. The van der Waals surface area contributed by atoms with E-state index in [1.54, 1.807) is 12.1 Å². The number of nitrogens with zero attached hydrogens (tertiary/aromatic N) is 2. The van der Waals surface area contributed by atoms with Gasteiger partial charge < -0.3 is 14.7 Å². The maximum Gasteiger partial charge on any atom is 0.341 e. The van der Waals surface area contributed by atoms with Crippen LogP contribution in [-0.2, 0) is 16.1 Å². The van der Waals surface area contributed by atoms with Crippen LogP contribution in [0.1, 0.15) is 31.2 Å². The number of amides is 1. The Morgan fingerprint density at radius 3 is 2.69 bits per heavy atom. The van der Waals surface area contributed by atoms with Crippen molar-refractivity contribution in [1.29, 1.82) is 0 Å². The standard InChI is InChI=1S/C19H25ClN2O4/c20-16-3-4-17(26-13-19(24)25)15(10-16)12-21-8-5-14(6-9-21)11-22-7-1-2-18(22)23/h3-4,10,14H,1-2,5-9,11-13H2,(H,24,25). The monoisotopic (exact) mass is 380 g/mol. The second-order valence-electron chi connectivity index (χ2n) is 7.10. The van der Waals surface area contributed by atoms with Crippen molar-refractivity contribution in [2.75, 3.05) is 32.8 Å². The third-order valence-corrected chi connectivity index (χ3v) is 5.36. The third-order valence-electron chi connectivity index (χ3n) is 5.12. The Kier molecular flexibility index (Phi) is 6.38. The lowest BCUT2D eigenvalue weighted by Gasteiger charge is -2.34. The molecule has 7 heteroatoms. The van der Waals surface area contributed by atoms with Crippen molar-refractivity contribution in [2.45, 2.75) is 32.2 Å². The summed E-state index contributed by atoms with van der Waals surface area (Å²) >= 11 is 6.10. The molecule has 0 radical (unpaired) electrons. The maximum absolute atomic E-state index is 11.8. The first-order chi connectivity index (χ1) is 12.5. The van der Waals surface area contributed by atoms with E-state index in [0.717, 1.165) is 51.0 Å². The average Bonchev–Trinajstić information content (AvgIpc) is 3.00. The van der Waals surface area contributed by atoms with Crippen LogP contribution in [0, 0.1) is 5.92 Å². The van der Waals surface area contributed by atoms with Crippen LogP contribution in [0.5, 0.6) is 5.75 Å². The number of hydrogen-bond donors (Lipinski definition) is 1. The molecule has 1 N–H and O–H groups in total. The Bertz CT molecular complexity index is 659. The molecule has 0 spiro atoms. The van der Waals surface area contributed by atoms with Crippen LogP contribution in [0.2, 0.25) is 5.02 Å². The number of rotatable bonds is 7. The van der Waals surface area contributed by atoms with Crippen LogP contribution >= 0.6 is 11.6 Å². The predicted molar refractivity (Wildman–Crippen MR) is 98.4 cm³/mol. The van der Waals surface area contributed by atoms with Gasteiger partial charge in [-0.05, 0) is 56.5 Å². The highest BCUT2D eigenvalue weighted by molar-refractivity contribution is 6.30. The molecular weight excluding hydrogens is 356 g/mol. The van der Waals surface area contributed by atoms with Crippen LogP contribution in [0.25, 0.3) is 0 Å². The summed E-state index contributed by atoms with van der Waals surface area (Å²) in [5.41, 5.74) is 0.909. The van der Waals surface area contributed by atoms with Crippen molar-refractivity contribution in [3.05, 3.63) is 28.8 Å². The number of carboxylic acid groups (broad SMARTS) is 1. The molecular formula is C19H25ClN2O4. The van der Waals surface area contributed by atoms with Gasteiger partial charge in [0.1, 0.15) is 5.75 Å². The molecule has 142 valence electrons. The molecule has 1 amide bonds. The highest BCUT2D eigenvalue weighted by Gasteiger charge is 2.26. The first kappa shape index (κ1) is 19.0. The summed E-state index contributed by atoms with van der Waals surface area (Å²) in [6.45, 7) is 4.03. The van der Waals surface area contributed by atoms with Gasteiger partial charge in [-0.25, -0.2) is 4.79 Å². The number of carboxylic acids is 1. The zero-order valence-electron chi connectivity index (χ0n) is 14.8. The fraction of sp³-hybridized carbons (Fsp3) is 0.579. The topological polar surface area (TPSA) is 70.1 Å². The molecule has 0 saturated carbocycles. The molecule has 26 heavy (non-hydrogen) atoms. The molecule has 6 nitrogen and oxygen atoms in total. The molecule has 2 aliphatic rings. The molecule has 0 unspecified atom stereocenters. The minimum absolute atomic E-state index is 0.298. The molecule has 1 aromatic rings. The number of halogens is 1. The Morgan fingerprint density at radius 2 is 2.04 bits per heavy atom. The van der Waals surface area contributed by atoms with Crippen molar-refractivity contribution in [2.24, 2.45) is 5.92 Å². The van der Waals surface area contributed by atoms with E-state index in [2.05, 4.69) is 4.90 Å². The Balaban J connectivity index is 1.53. The van der Waals surface area contributed by atoms with Gasteiger partial charge in [0.2, 0.25) is 5.91 Å². The second kappa shape index (κ2) is 8.73. The molecule has 0 aliphatic carbocycles. The summed E-state index contributed by atoms with van der Waals surface area (Å²) < 4.78 is 5.39. The van der Waals surface area contributed by atoms with Gasteiger partial charge in [-0.2, -0.15) is 0 Å². The molecule has 2 fully saturated rings. The van der Waals surface area contributed by atoms with Crippen LogP contribution < -0.4 is 4.74 Å². The average molecular weight is 381 g/mol. The van der Waals surface area contributed by atoms with E-state index in [9.17, 15) is 9.59 Å². The van der Waals surface area contributed by atoms with Gasteiger partial charge in [-0.15, -0.1) is 0 Å². The summed E-state index contributed by atoms with van der Waals surface area (Å²) in [5, 5.41) is 9.43. The number of hydrogen-bond acceptors (Lipinski definition) is 4. The van der Waals surface area contributed by atoms with Gasteiger partial charge in [0.15, 0.2) is 6.61 Å². The van der Waals surface area contributed by atoms with Crippen LogP contribution in [0.3, 0.4) is 0 Å². The van der Waals surface area contributed by atoms with Crippen LogP contribution in [0.4, 0.5) is 0 Å². The highest BCUT2D eigenvalue weighted by atomic mass is 35.5. The summed E-state index contributed by atoms with van der Waals surface area (Å²) in [5.74, 6) is 0.437. The number of carbonyl (C=O) groups is 2. The van der Waals surface area contributed by atoms with Crippen LogP contribution in [0.15, 0.2) is 18.2 Å². The largest absolute Gasteiger partial charge is 0.482 e. The molecule has 2 heterocycles. The van der Waals surface area contributed by atoms with Gasteiger partial charge in [0.05, 0.1) is 0 Å². The Morgan fingerprint density at radius 1 is 1.27 bits per heavy atom. The van der Waals surface area contributed by atoms with E-state index in [-0.39, 0.29) is 6.61 Å². The SMILES string of the molecule is O=C(O)COc1ccc(Cl)cc1CN1CCC(CN2CCCC2=O)CC1. The van der Waals surface area contributed by atoms with Crippen molar-refractivity contribution in [1.82, 2.24) is 9.80 Å². The Labute approximate surface area is 158 Å². The number of ether oxygens (including phenoxy) is 1. The zero-order chi connectivity index (χ0) is 18.5. The quantitative estimate of drug-likeness (QED) is 0.787. The fourth-order valence-corrected chi connectivity index (χ4v) is 3.92. The minimum atomic E-state index is -0.997. The van der Waals surface area contributed by atoms with E-state index >= 15 is 0 Å². The molecule has 2 aliphatic heterocycles. The number of carbonyl (C=O) groups excluding carboxylic acids is 1. The van der Waals surface area contributed by atoms with Crippen molar-refractivity contribution >= 4 is 23.5 Å². The molecule has 1 aromatic carbocycles. The summed E-state index contributed by atoms with van der Waals surface area (Å²) in [6.07, 6.45) is 3.82. The maximum atomic E-state index is 11.8. The molecule has 2 saturated heterocycles. The van der Waals surface area contributed by atoms with Crippen molar-refractivity contribution in [3.8, 4) is 5.75 Å². The number of aliphatic carboxylic acids is 1. The van der Waals surface area contributed by atoms with E-state index in [4.69, 9.17) is 21.4 Å². The number of likely N-dealkylation sites (tertiary alicyclic amines) is 2. The third kappa shape index (κ3) is 5.11. The molecule has 3 rings (SSSR count). The smallest absolute Gasteiger partial charge is 0.341 e. The summed E-state index contributed by atoms with van der Waals surface area (Å²) in [7, 11) is 0. The molecule has 0 aromatic heterocycles. The van der Waals surface area contributed by atoms with Gasteiger partial charge in [0.25, 0.3) is 0 Å². The van der Waals surface area contributed by atoms with E-state index in [0.29, 0.717) is 35.6 Å². The fourth-order valence-electron chi connectivity index (χ4n) is 3.73. The second-order valence-corrected chi connectivity index (χ2v) is 7.53. The van der Waals surface area contributed by atoms with Gasteiger partial charge >= 0.3 is 5.97 Å². The summed E-state index contributed by atoms with van der Waals surface area (Å²) in [6, 6.07) is 5.28. The van der Waals surface area contributed by atoms with Crippen LogP contribution in [-0.4, -0.2) is 59.6 Å². The zero-order valence-corrected chi connectivity index (χ0v) is 15.6. The molecule has 0 atom stereocenters. The Hall–Kier alpha value is -1.79.